The summed E-state index contributed by atoms with van der Waals surface area (Å²) in [7, 11) is 0. The maximum absolute atomic E-state index is 11.7. The Hall–Kier alpha value is -2.01. The van der Waals surface area contributed by atoms with Crippen LogP contribution in [0, 0.1) is 0 Å². The first-order valence-corrected chi connectivity index (χ1v) is 7.42. The number of hydrogen-bond acceptors (Lipinski definition) is 4. The van der Waals surface area contributed by atoms with Gasteiger partial charge in [0, 0.05) is 24.0 Å². The van der Waals surface area contributed by atoms with Gasteiger partial charge in [-0.3, -0.25) is 4.79 Å². The zero-order chi connectivity index (χ0) is 14.2. The quantitative estimate of drug-likeness (QED) is 0.486. The summed E-state index contributed by atoms with van der Waals surface area (Å²) in [6.07, 6.45) is 3.10. The Bertz CT molecular complexity index is 543. The van der Waals surface area contributed by atoms with Crippen LogP contribution in [-0.2, 0) is 4.79 Å². The number of anilines is 2. The second-order valence-corrected chi connectivity index (χ2v) is 5.41. The molecule has 0 aliphatic heterocycles. The molecule has 0 bridgehead atoms. The highest BCUT2D eigenvalue weighted by molar-refractivity contribution is 7.99. The van der Waals surface area contributed by atoms with E-state index >= 15 is 0 Å². The van der Waals surface area contributed by atoms with Crippen molar-refractivity contribution in [2.75, 3.05) is 16.8 Å². The monoisotopic (exact) mass is 287 g/mol. The van der Waals surface area contributed by atoms with Gasteiger partial charge in [-0.15, -0.1) is 11.8 Å². The predicted molar refractivity (Wildman–Crippen MR) is 83.7 cm³/mol. The van der Waals surface area contributed by atoms with Crippen molar-refractivity contribution in [1.82, 2.24) is 4.98 Å². The maximum atomic E-state index is 11.7. The molecule has 1 aromatic heterocycles. The number of carbonyl (C=O) groups is 1. The van der Waals surface area contributed by atoms with E-state index in [-0.39, 0.29) is 5.91 Å². The first kappa shape index (κ1) is 14.4. The van der Waals surface area contributed by atoms with Crippen LogP contribution in [0.2, 0.25) is 0 Å². The van der Waals surface area contributed by atoms with Crippen molar-refractivity contribution in [3.8, 4) is 0 Å². The van der Waals surface area contributed by atoms with Crippen molar-refractivity contribution >= 4 is 29.0 Å². The number of thioether (sulfide) groups is 1. The summed E-state index contributed by atoms with van der Waals surface area (Å²) in [5.41, 5.74) is 7.06. The number of aromatic nitrogens is 1. The van der Waals surface area contributed by atoms with Crippen LogP contribution in [0.5, 0.6) is 0 Å². The highest BCUT2D eigenvalue weighted by Crippen LogP contribution is 2.16. The lowest BCUT2D eigenvalue weighted by atomic mass is 10.2. The van der Waals surface area contributed by atoms with Crippen molar-refractivity contribution < 1.29 is 4.79 Å². The van der Waals surface area contributed by atoms with E-state index in [1.807, 2.05) is 18.2 Å². The van der Waals surface area contributed by atoms with Gasteiger partial charge in [-0.05, 0) is 48.6 Å². The van der Waals surface area contributed by atoms with Gasteiger partial charge in [0.1, 0.15) is 0 Å². The van der Waals surface area contributed by atoms with Gasteiger partial charge in [-0.1, -0.05) is 6.07 Å². The largest absolute Gasteiger partial charge is 0.399 e. The molecule has 3 N–H and O–H groups in total. The molecular weight excluding hydrogens is 270 g/mol. The molecule has 0 unspecified atom stereocenters. The van der Waals surface area contributed by atoms with Gasteiger partial charge in [-0.2, -0.15) is 0 Å². The Morgan fingerprint density at radius 3 is 2.70 bits per heavy atom. The Morgan fingerprint density at radius 1 is 1.20 bits per heavy atom. The van der Waals surface area contributed by atoms with Crippen molar-refractivity contribution in [1.29, 1.82) is 0 Å². The lowest BCUT2D eigenvalue weighted by Crippen LogP contribution is -2.11. The van der Waals surface area contributed by atoms with Gasteiger partial charge >= 0.3 is 0 Å². The highest BCUT2D eigenvalue weighted by atomic mass is 32.2. The number of rotatable bonds is 6. The van der Waals surface area contributed by atoms with Crippen LogP contribution < -0.4 is 11.1 Å². The van der Waals surface area contributed by atoms with E-state index in [4.69, 9.17) is 5.73 Å². The average molecular weight is 287 g/mol. The molecule has 0 saturated heterocycles. The van der Waals surface area contributed by atoms with E-state index in [9.17, 15) is 4.79 Å². The van der Waals surface area contributed by atoms with Gasteiger partial charge in [0.15, 0.2) is 0 Å². The zero-order valence-corrected chi connectivity index (χ0v) is 11.9. The summed E-state index contributed by atoms with van der Waals surface area (Å²) in [6.45, 7) is 0. The summed E-state index contributed by atoms with van der Waals surface area (Å²) < 4.78 is 0. The van der Waals surface area contributed by atoms with Gasteiger partial charge in [0.05, 0.1) is 5.03 Å². The fraction of sp³-hybridized carbons (Fsp3) is 0.200. The van der Waals surface area contributed by atoms with Crippen molar-refractivity contribution in [3.05, 3.63) is 48.7 Å². The molecule has 0 fully saturated rings. The molecule has 1 amide bonds. The van der Waals surface area contributed by atoms with Crippen LogP contribution in [0.1, 0.15) is 12.8 Å². The molecule has 2 rings (SSSR count). The summed E-state index contributed by atoms with van der Waals surface area (Å²) in [5, 5.41) is 3.84. The first-order valence-electron chi connectivity index (χ1n) is 6.43. The highest BCUT2D eigenvalue weighted by Gasteiger charge is 2.02. The van der Waals surface area contributed by atoms with Crippen LogP contribution in [0.25, 0.3) is 0 Å². The third-order valence-corrected chi connectivity index (χ3v) is 3.66. The Labute approximate surface area is 122 Å². The van der Waals surface area contributed by atoms with E-state index in [1.165, 1.54) is 0 Å². The Kier molecular flexibility index (Phi) is 5.43. The molecule has 1 aromatic carbocycles. The molecule has 0 saturated carbocycles. The molecule has 5 heteroatoms. The lowest BCUT2D eigenvalue weighted by molar-refractivity contribution is -0.116. The topological polar surface area (TPSA) is 68.0 Å². The number of nitrogens with zero attached hydrogens (tertiary/aromatic N) is 1. The molecule has 2 aromatic rings. The third-order valence-electron chi connectivity index (χ3n) is 2.63. The van der Waals surface area contributed by atoms with Crippen LogP contribution >= 0.6 is 11.8 Å². The van der Waals surface area contributed by atoms with E-state index in [1.54, 1.807) is 42.2 Å². The minimum atomic E-state index is 0.0244. The molecular formula is C15H17N3OS. The zero-order valence-electron chi connectivity index (χ0n) is 11.1. The molecule has 0 aliphatic carbocycles. The van der Waals surface area contributed by atoms with E-state index in [2.05, 4.69) is 10.3 Å². The summed E-state index contributed by atoms with van der Waals surface area (Å²) >= 11 is 1.66. The van der Waals surface area contributed by atoms with Gasteiger partial charge in [0.2, 0.25) is 5.91 Å². The summed E-state index contributed by atoms with van der Waals surface area (Å²) in [5.74, 6) is 0.906. The lowest BCUT2D eigenvalue weighted by Gasteiger charge is -2.05. The van der Waals surface area contributed by atoms with Gasteiger partial charge in [-0.25, -0.2) is 4.98 Å². The van der Waals surface area contributed by atoms with E-state index in [0.717, 1.165) is 22.9 Å². The summed E-state index contributed by atoms with van der Waals surface area (Å²) in [6, 6.07) is 13.0. The Morgan fingerprint density at radius 2 is 2.00 bits per heavy atom. The molecule has 0 atom stereocenters. The predicted octanol–water partition coefficient (Wildman–Crippen LogP) is 3.17. The van der Waals surface area contributed by atoms with Crippen molar-refractivity contribution in [2.45, 2.75) is 17.9 Å². The number of benzene rings is 1. The minimum absolute atomic E-state index is 0.0244. The number of hydrogen-bond donors (Lipinski definition) is 2. The van der Waals surface area contributed by atoms with Crippen LogP contribution in [0.4, 0.5) is 11.4 Å². The van der Waals surface area contributed by atoms with Crippen LogP contribution in [0.15, 0.2) is 53.7 Å². The van der Waals surface area contributed by atoms with Gasteiger partial charge in [0.25, 0.3) is 0 Å². The Balaban J connectivity index is 1.66. The molecule has 4 nitrogen and oxygen atoms in total. The fourth-order valence-corrected chi connectivity index (χ4v) is 2.44. The number of nitrogens with one attached hydrogen (secondary N) is 1. The van der Waals surface area contributed by atoms with Crippen molar-refractivity contribution in [2.24, 2.45) is 0 Å². The average Bonchev–Trinajstić information content (AvgIpc) is 2.47. The second kappa shape index (κ2) is 7.55. The number of pyridine rings is 1. The first-order chi connectivity index (χ1) is 9.74. The maximum Gasteiger partial charge on any atom is 0.224 e. The third kappa shape index (κ3) is 4.93. The van der Waals surface area contributed by atoms with Crippen LogP contribution in [0.3, 0.4) is 0 Å². The SMILES string of the molecule is Nc1ccc(NC(=O)CCCSc2ccccn2)cc1. The molecule has 1 heterocycles. The minimum Gasteiger partial charge on any atom is -0.399 e. The second-order valence-electron chi connectivity index (χ2n) is 4.29. The fourth-order valence-electron chi connectivity index (χ4n) is 1.63. The van der Waals surface area contributed by atoms with Gasteiger partial charge < -0.3 is 11.1 Å². The summed E-state index contributed by atoms with van der Waals surface area (Å²) in [4.78, 5) is 16.0. The number of amides is 1. The molecule has 104 valence electrons. The number of nitrogen functional groups attached to an aromatic ring is 1. The van der Waals surface area contributed by atoms with Crippen LogP contribution in [-0.4, -0.2) is 16.6 Å². The smallest absolute Gasteiger partial charge is 0.224 e. The number of carbonyl (C=O) groups excluding carboxylic acids is 1. The number of nitrogens with two attached hydrogens (primary N) is 1. The van der Waals surface area contributed by atoms with Crippen molar-refractivity contribution in [3.63, 3.8) is 0 Å². The molecule has 0 radical (unpaired) electrons. The van der Waals surface area contributed by atoms with E-state index in [0.29, 0.717) is 12.1 Å². The van der Waals surface area contributed by atoms with E-state index < -0.39 is 0 Å². The normalized spacial score (nSPS) is 10.2. The molecule has 0 aliphatic rings. The standard InChI is InChI=1S/C15H17N3OS/c16-12-6-8-13(9-7-12)18-14(19)4-3-11-20-15-5-1-2-10-17-15/h1-2,5-10H,3-4,11,16H2,(H,18,19). The molecule has 0 spiro atoms. The molecule has 20 heavy (non-hydrogen) atoms.